The lowest BCUT2D eigenvalue weighted by Gasteiger charge is -2.21. The molecule has 0 rings (SSSR count). The Bertz CT molecular complexity index is 390. The second-order valence-electron chi connectivity index (χ2n) is 7.84. The van der Waals surface area contributed by atoms with Crippen molar-refractivity contribution in [3.8, 4) is 0 Å². The Hall–Kier alpha value is -0.940. The minimum atomic E-state index is -2.27. The number of ketones is 1. The molecule has 2 atom stereocenters. The number of aliphatic hydroxyl groups excluding tert-OH is 1. The molecule has 0 amide bonds. The highest BCUT2D eigenvalue weighted by atomic mass is 16.6. The van der Waals surface area contributed by atoms with E-state index >= 15 is 0 Å². The third-order valence-electron chi connectivity index (χ3n) is 4.99. The minimum absolute atomic E-state index is 0.195. The van der Waals surface area contributed by atoms with Crippen LogP contribution in [0.4, 0.5) is 0 Å². The van der Waals surface area contributed by atoms with Crippen LogP contribution in [0.15, 0.2) is 0 Å². The van der Waals surface area contributed by atoms with Gasteiger partial charge in [0, 0.05) is 0 Å². The Morgan fingerprint density at radius 3 is 1.56 bits per heavy atom. The van der Waals surface area contributed by atoms with Crippen LogP contribution in [-0.4, -0.2) is 40.3 Å². The first-order valence-corrected chi connectivity index (χ1v) is 11.0. The number of ether oxygens (including phenoxy) is 1. The summed E-state index contributed by atoms with van der Waals surface area (Å²) >= 11 is 0. The van der Waals surface area contributed by atoms with Crippen molar-refractivity contribution in [2.75, 3.05) is 6.61 Å². The zero-order valence-corrected chi connectivity index (χ0v) is 17.8. The van der Waals surface area contributed by atoms with E-state index in [9.17, 15) is 19.8 Å². The highest BCUT2D eigenvalue weighted by Crippen LogP contribution is 2.14. The Balaban J connectivity index is 3.45. The molecule has 160 valence electrons. The number of hydrogen-bond acceptors (Lipinski definition) is 5. The summed E-state index contributed by atoms with van der Waals surface area (Å²) in [4.78, 5) is 23.3. The third kappa shape index (κ3) is 13.0. The quantitative estimate of drug-likeness (QED) is 0.202. The van der Waals surface area contributed by atoms with Gasteiger partial charge in [0.2, 0.25) is 11.4 Å². The molecule has 0 aromatic heterocycles. The molecule has 27 heavy (non-hydrogen) atoms. The van der Waals surface area contributed by atoms with Gasteiger partial charge in [-0.2, -0.15) is 0 Å². The SMILES string of the molecule is CCCCCCCCCCCCCCCCOC(=O)C(C)(O)C(=O)C(C)O. The summed E-state index contributed by atoms with van der Waals surface area (Å²) in [6, 6.07) is 0. The number of carbonyl (C=O) groups is 2. The van der Waals surface area contributed by atoms with Gasteiger partial charge in [-0.1, -0.05) is 90.4 Å². The molecule has 0 radical (unpaired) electrons. The van der Waals surface area contributed by atoms with Crippen molar-refractivity contribution in [1.82, 2.24) is 0 Å². The first-order valence-electron chi connectivity index (χ1n) is 11.0. The van der Waals surface area contributed by atoms with Crippen LogP contribution in [0.1, 0.15) is 111 Å². The van der Waals surface area contributed by atoms with Gasteiger partial charge in [0.15, 0.2) is 0 Å². The number of Topliss-reactive ketones (excluding diaryl/α,β-unsaturated/α-hetero) is 1. The van der Waals surface area contributed by atoms with Crippen LogP contribution in [0, 0.1) is 0 Å². The molecule has 0 aliphatic rings. The summed E-state index contributed by atoms with van der Waals surface area (Å²) < 4.78 is 4.96. The standard InChI is InChI=1S/C22H42O5/c1-4-5-6-7-8-9-10-11-12-13-14-15-16-17-18-27-21(25)22(3,26)20(24)19(2)23/h19,23,26H,4-18H2,1-3H3. The van der Waals surface area contributed by atoms with Crippen LogP contribution in [0.3, 0.4) is 0 Å². The molecule has 5 heteroatoms. The molecule has 0 aliphatic heterocycles. The molecular formula is C22H42O5. The zero-order valence-electron chi connectivity index (χ0n) is 17.8. The molecule has 5 nitrogen and oxygen atoms in total. The fourth-order valence-corrected chi connectivity index (χ4v) is 3.11. The van der Waals surface area contributed by atoms with E-state index in [4.69, 9.17) is 4.74 Å². The van der Waals surface area contributed by atoms with E-state index in [1.165, 1.54) is 77.6 Å². The molecular weight excluding hydrogens is 344 g/mol. The number of aliphatic hydroxyl groups is 2. The van der Waals surface area contributed by atoms with Crippen LogP contribution in [0.25, 0.3) is 0 Å². The maximum atomic E-state index is 11.7. The second-order valence-corrected chi connectivity index (χ2v) is 7.84. The fraction of sp³-hybridized carbons (Fsp3) is 0.909. The molecule has 2 unspecified atom stereocenters. The van der Waals surface area contributed by atoms with Crippen molar-refractivity contribution in [3.05, 3.63) is 0 Å². The Morgan fingerprint density at radius 1 is 0.815 bits per heavy atom. The number of carbonyl (C=O) groups excluding carboxylic acids is 2. The second kappa shape index (κ2) is 16.1. The van der Waals surface area contributed by atoms with Gasteiger partial charge in [0.05, 0.1) is 6.61 Å². The van der Waals surface area contributed by atoms with Gasteiger partial charge < -0.3 is 14.9 Å². The van der Waals surface area contributed by atoms with Gasteiger partial charge in [-0.25, -0.2) is 4.79 Å². The average molecular weight is 387 g/mol. The van der Waals surface area contributed by atoms with Crippen molar-refractivity contribution in [1.29, 1.82) is 0 Å². The number of rotatable bonds is 18. The van der Waals surface area contributed by atoms with Gasteiger partial charge in [-0.3, -0.25) is 4.79 Å². The van der Waals surface area contributed by atoms with E-state index in [0.29, 0.717) is 0 Å². The summed E-state index contributed by atoms with van der Waals surface area (Å²) in [5, 5.41) is 19.0. The van der Waals surface area contributed by atoms with Crippen LogP contribution < -0.4 is 0 Å². The highest BCUT2D eigenvalue weighted by molar-refractivity contribution is 6.08. The van der Waals surface area contributed by atoms with E-state index in [1.54, 1.807) is 0 Å². The van der Waals surface area contributed by atoms with Gasteiger partial charge in [0.1, 0.15) is 6.10 Å². The predicted molar refractivity (Wildman–Crippen MR) is 109 cm³/mol. The Kier molecular flexibility index (Phi) is 15.5. The maximum Gasteiger partial charge on any atom is 0.345 e. The van der Waals surface area contributed by atoms with Crippen molar-refractivity contribution >= 4 is 11.8 Å². The largest absolute Gasteiger partial charge is 0.463 e. The summed E-state index contributed by atoms with van der Waals surface area (Å²) in [6.45, 7) is 4.73. The number of hydrogen-bond donors (Lipinski definition) is 2. The fourth-order valence-electron chi connectivity index (χ4n) is 3.11. The van der Waals surface area contributed by atoms with Crippen molar-refractivity contribution < 1.29 is 24.5 Å². The van der Waals surface area contributed by atoms with Crippen LogP contribution >= 0.6 is 0 Å². The lowest BCUT2D eigenvalue weighted by molar-refractivity contribution is -0.171. The average Bonchev–Trinajstić information content (AvgIpc) is 2.63. The smallest absolute Gasteiger partial charge is 0.345 e. The van der Waals surface area contributed by atoms with E-state index in [1.807, 2.05) is 0 Å². The van der Waals surface area contributed by atoms with Crippen LogP contribution in [0.5, 0.6) is 0 Å². The molecule has 2 N–H and O–H groups in total. The number of unbranched alkanes of at least 4 members (excludes halogenated alkanes) is 13. The zero-order chi connectivity index (χ0) is 20.5. The summed E-state index contributed by atoms with van der Waals surface area (Å²) in [5.41, 5.74) is -2.27. The van der Waals surface area contributed by atoms with Gasteiger partial charge in [0.25, 0.3) is 0 Å². The molecule has 0 aromatic carbocycles. The van der Waals surface area contributed by atoms with E-state index in [0.717, 1.165) is 26.2 Å². The van der Waals surface area contributed by atoms with E-state index < -0.39 is 23.5 Å². The predicted octanol–water partition coefficient (Wildman–Crippen LogP) is 4.71. The maximum absolute atomic E-state index is 11.7. The normalized spacial score (nSPS) is 14.6. The Morgan fingerprint density at radius 2 is 1.19 bits per heavy atom. The Labute approximate surface area is 165 Å². The monoisotopic (exact) mass is 386 g/mol. The molecule has 0 heterocycles. The highest BCUT2D eigenvalue weighted by Gasteiger charge is 2.42. The van der Waals surface area contributed by atoms with E-state index in [2.05, 4.69) is 6.92 Å². The van der Waals surface area contributed by atoms with Crippen molar-refractivity contribution in [2.24, 2.45) is 0 Å². The summed E-state index contributed by atoms with van der Waals surface area (Å²) in [5.74, 6) is -1.92. The molecule has 0 aliphatic carbocycles. The van der Waals surface area contributed by atoms with Crippen LogP contribution in [0.2, 0.25) is 0 Å². The topological polar surface area (TPSA) is 83.8 Å². The molecule has 0 fully saturated rings. The lowest BCUT2D eigenvalue weighted by Crippen LogP contribution is -2.49. The molecule has 0 bridgehead atoms. The minimum Gasteiger partial charge on any atom is -0.463 e. The molecule has 0 saturated heterocycles. The molecule has 0 saturated carbocycles. The summed E-state index contributed by atoms with van der Waals surface area (Å²) in [7, 11) is 0. The first-order chi connectivity index (χ1) is 12.8. The van der Waals surface area contributed by atoms with Gasteiger partial charge in [-0.05, 0) is 20.3 Å². The molecule has 0 spiro atoms. The van der Waals surface area contributed by atoms with Gasteiger partial charge >= 0.3 is 5.97 Å². The number of esters is 1. The summed E-state index contributed by atoms with van der Waals surface area (Å²) in [6.07, 6.45) is 16.1. The van der Waals surface area contributed by atoms with Crippen LogP contribution in [-0.2, 0) is 14.3 Å². The lowest BCUT2D eigenvalue weighted by atomic mass is 9.97. The van der Waals surface area contributed by atoms with Crippen molar-refractivity contribution in [3.63, 3.8) is 0 Å². The van der Waals surface area contributed by atoms with Gasteiger partial charge in [-0.15, -0.1) is 0 Å². The van der Waals surface area contributed by atoms with Crippen molar-refractivity contribution in [2.45, 2.75) is 122 Å². The molecule has 0 aromatic rings. The first kappa shape index (κ1) is 26.1. The third-order valence-corrected chi connectivity index (χ3v) is 4.99. The van der Waals surface area contributed by atoms with E-state index in [-0.39, 0.29) is 6.61 Å².